The van der Waals surface area contributed by atoms with Crippen LogP contribution in [0.5, 0.6) is 0 Å². The van der Waals surface area contributed by atoms with Crippen LogP contribution in [-0.2, 0) is 19.7 Å². The smallest absolute Gasteiger partial charge is 0.268 e. The number of hydrogen-bond acceptors (Lipinski definition) is 3. The van der Waals surface area contributed by atoms with Gasteiger partial charge < -0.3 is 0 Å². The van der Waals surface area contributed by atoms with Crippen molar-refractivity contribution in [2.45, 2.75) is 20.3 Å². The van der Waals surface area contributed by atoms with Crippen LogP contribution in [0.15, 0.2) is 0 Å². The Morgan fingerprint density at radius 1 is 1.40 bits per heavy atom. The minimum absolute atomic E-state index is 0.103. The zero-order chi connectivity index (χ0) is 7.61. The predicted molar refractivity (Wildman–Crippen MR) is 38.4 cm³/mol. The summed E-state index contributed by atoms with van der Waals surface area (Å²) in [4.78, 5) is 0. The lowest BCUT2D eigenvalue weighted by Crippen LogP contribution is -2.17. The van der Waals surface area contributed by atoms with E-state index >= 15 is 0 Å². The van der Waals surface area contributed by atoms with E-state index in [1.807, 2.05) is 0 Å². The maximum Gasteiger partial charge on any atom is 0.304 e. The second kappa shape index (κ2) is 2.98. The van der Waals surface area contributed by atoms with E-state index in [4.69, 9.17) is 8.37 Å². The van der Waals surface area contributed by atoms with E-state index in [0.717, 1.165) is 6.42 Å². The Bertz CT molecular complexity index is 144. The molecule has 60 valence electrons. The molecule has 1 aliphatic rings. The zero-order valence-electron chi connectivity index (χ0n) is 6.25. The molecule has 0 spiro atoms. The van der Waals surface area contributed by atoms with Crippen LogP contribution < -0.4 is 0 Å². The van der Waals surface area contributed by atoms with Gasteiger partial charge in [0.25, 0.3) is 0 Å². The van der Waals surface area contributed by atoms with Gasteiger partial charge in [0.05, 0.1) is 13.2 Å². The van der Waals surface area contributed by atoms with Crippen LogP contribution >= 0.6 is 0 Å². The van der Waals surface area contributed by atoms with Crippen molar-refractivity contribution in [3.8, 4) is 0 Å². The number of rotatable bonds is 0. The van der Waals surface area contributed by atoms with Crippen molar-refractivity contribution in [3.63, 3.8) is 0 Å². The highest BCUT2D eigenvalue weighted by atomic mass is 32.2. The van der Waals surface area contributed by atoms with Crippen LogP contribution in [0, 0.1) is 5.41 Å². The second-order valence-electron chi connectivity index (χ2n) is 3.20. The molecule has 0 aliphatic carbocycles. The Kier molecular flexibility index (Phi) is 2.44. The lowest BCUT2D eigenvalue weighted by atomic mass is 9.91. The van der Waals surface area contributed by atoms with Gasteiger partial charge in [-0.1, -0.05) is 13.8 Å². The summed E-state index contributed by atoms with van der Waals surface area (Å²) >= 11 is -1.50. The van der Waals surface area contributed by atoms with Gasteiger partial charge in [-0.2, -0.15) is 4.21 Å². The summed E-state index contributed by atoms with van der Waals surface area (Å²) in [6.07, 6.45) is 0.902. The van der Waals surface area contributed by atoms with Gasteiger partial charge in [-0.25, -0.2) is 0 Å². The van der Waals surface area contributed by atoms with Crippen LogP contribution in [0.2, 0.25) is 0 Å². The van der Waals surface area contributed by atoms with Gasteiger partial charge in [-0.05, 0) is 11.8 Å². The summed E-state index contributed by atoms with van der Waals surface area (Å²) in [7, 11) is 0. The highest BCUT2D eigenvalue weighted by molar-refractivity contribution is 7.75. The third-order valence-corrected chi connectivity index (χ3v) is 2.17. The third kappa shape index (κ3) is 2.36. The molecule has 1 atom stereocenters. The average Bonchev–Trinajstić information content (AvgIpc) is 1.94. The molecular weight excluding hydrogens is 152 g/mol. The third-order valence-electron chi connectivity index (χ3n) is 1.50. The van der Waals surface area contributed by atoms with E-state index < -0.39 is 11.4 Å². The molecule has 1 heterocycles. The first-order valence-electron chi connectivity index (χ1n) is 3.28. The summed E-state index contributed by atoms with van der Waals surface area (Å²) in [6.45, 7) is 5.18. The summed E-state index contributed by atoms with van der Waals surface area (Å²) in [5.74, 6) is 0. The largest absolute Gasteiger partial charge is 0.304 e. The Morgan fingerprint density at radius 2 is 2.10 bits per heavy atom. The molecule has 10 heavy (non-hydrogen) atoms. The highest BCUT2D eigenvalue weighted by Gasteiger charge is 2.23. The minimum atomic E-state index is -1.50. The van der Waals surface area contributed by atoms with Gasteiger partial charge in [0.2, 0.25) is 0 Å². The molecule has 0 aromatic carbocycles. The first-order valence-corrected chi connectivity index (χ1v) is 4.28. The molecule has 0 N–H and O–H groups in total. The Labute approximate surface area is 63.6 Å². The maximum absolute atomic E-state index is 10.6. The SMILES string of the molecule is CC1(C)CCOS(=O)OC1. The van der Waals surface area contributed by atoms with Crippen molar-refractivity contribution in [3.05, 3.63) is 0 Å². The first kappa shape index (κ1) is 8.17. The van der Waals surface area contributed by atoms with Crippen molar-refractivity contribution in [2.24, 2.45) is 5.41 Å². The summed E-state index contributed by atoms with van der Waals surface area (Å²) in [5.41, 5.74) is 0.103. The predicted octanol–water partition coefficient (Wildman–Crippen LogP) is 1.03. The fourth-order valence-electron chi connectivity index (χ4n) is 0.700. The molecule has 0 bridgehead atoms. The van der Waals surface area contributed by atoms with Gasteiger partial charge in [0, 0.05) is 0 Å². The van der Waals surface area contributed by atoms with E-state index in [-0.39, 0.29) is 5.41 Å². The lowest BCUT2D eigenvalue weighted by molar-refractivity contribution is 0.198. The molecule has 1 fully saturated rings. The Hall–Kier alpha value is 0.0700. The van der Waals surface area contributed by atoms with Gasteiger partial charge in [0.1, 0.15) is 0 Å². The van der Waals surface area contributed by atoms with Crippen LogP contribution in [0.1, 0.15) is 20.3 Å². The fourth-order valence-corrected chi connectivity index (χ4v) is 1.40. The van der Waals surface area contributed by atoms with Crippen molar-refractivity contribution in [1.82, 2.24) is 0 Å². The van der Waals surface area contributed by atoms with Crippen molar-refractivity contribution < 1.29 is 12.6 Å². The van der Waals surface area contributed by atoms with Crippen molar-refractivity contribution in [2.75, 3.05) is 13.2 Å². The lowest BCUT2D eigenvalue weighted by Gasteiger charge is -2.18. The van der Waals surface area contributed by atoms with Crippen molar-refractivity contribution in [1.29, 1.82) is 0 Å². The topological polar surface area (TPSA) is 35.5 Å². The molecule has 1 saturated heterocycles. The van der Waals surface area contributed by atoms with E-state index in [1.54, 1.807) is 0 Å². The molecule has 0 saturated carbocycles. The maximum atomic E-state index is 10.6. The van der Waals surface area contributed by atoms with E-state index in [0.29, 0.717) is 13.2 Å². The highest BCUT2D eigenvalue weighted by Crippen LogP contribution is 2.23. The van der Waals surface area contributed by atoms with Gasteiger partial charge in [-0.3, -0.25) is 8.37 Å². The summed E-state index contributed by atoms with van der Waals surface area (Å²) in [6, 6.07) is 0. The van der Waals surface area contributed by atoms with Crippen LogP contribution in [0.3, 0.4) is 0 Å². The Balaban J connectivity index is 2.48. The standard InChI is InChI=1S/C6H12O3S/c1-6(2)3-4-8-10(7)9-5-6/h3-5H2,1-2H3. The van der Waals surface area contributed by atoms with Gasteiger partial charge in [-0.15, -0.1) is 0 Å². The molecule has 4 heteroatoms. The quantitative estimate of drug-likeness (QED) is 0.536. The van der Waals surface area contributed by atoms with Gasteiger partial charge in [0.15, 0.2) is 0 Å². The molecule has 3 nitrogen and oxygen atoms in total. The average molecular weight is 164 g/mol. The van der Waals surface area contributed by atoms with Crippen LogP contribution in [0.25, 0.3) is 0 Å². The Morgan fingerprint density at radius 3 is 2.80 bits per heavy atom. The van der Waals surface area contributed by atoms with E-state index in [2.05, 4.69) is 13.8 Å². The molecule has 1 aliphatic heterocycles. The van der Waals surface area contributed by atoms with E-state index in [1.165, 1.54) is 0 Å². The molecule has 0 aromatic rings. The number of hydrogen-bond donors (Lipinski definition) is 0. The summed E-state index contributed by atoms with van der Waals surface area (Å²) < 4.78 is 20.3. The molecule has 0 amide bonds. The fraction of sp³-hybridized carbons (Fsp3) is 1.00. The zero-order valence-corrected chi connectivity index (χ0v) is 7.07. The van der Waals surface area contributed by atoms with Crippen molar-refractivity contribution >= 4 is 11.4 Å². The monoisotopic (exact) mass is 164 g/mol. The van der Waals surface area contributed by atoms with Crippen LogP contribution in [0.4, 0.5) is 0 Å². The minimum Gasteiger partial charge on any atom is -0.268 e. The van der Waals surface area contributed by atoms with E-state index in [9.17, 15) is 4.21 Å². The second-order valence-corrected chi connectivity index (χ2v) is 4.08. The molecule has 0 radical (unpaired) electrons. The summed E-state index contributed by atoms with van der Waals surface area (Å²) in [5, 5.41) is 0. The first-order chi connectivity index (χ1) is 4.60. The molecule has 1 unspecified atom stereocenters. The molecule has 0 aromatic heterocycles. The normalized spacial score (nSPS) is 33.2. The van der Waals surface area contributed by atoms with Crippen LogP contribution in [-0.4, -0.2) is 17.4 Å². The van der Waals surface area contributed by atoms with Gasteiger partial charge >= 0.3 is 11.4 Å². The molecular formula is C6H12O3S. The molecule has 1 rings (SSSR count).